The zero-order valence-corrected chi connectivity index (χ0v) is 9.84. The molecule has 1 saturated carbocycles. The fourth-order valence-electron chi connectivity index (χ4n) is 2.50. The Hall–Kier alpha value is -0.590. The Morgan fingerprint density at radius 1 is 1.29 bits per heavy atom. The molecule has 1 aliphatic rings. The molecule has 14 heavy (non-hydrogen) atoms. The molecule has 0 bridgehead atoms. The third-order valence-corrected chi connectivity index (χ3v) is 3.36. The average Bonchev–Trinajstić information content (AvgIpc) is 2.01. The lowest BCUT2D eigenvalue weighted by Crippen LogP contribution is -2.29. The highest BCUT2D eigenvalue weighted by molar-refractivity contribution is 5.79. The number of rotatable bonds is 2. The second-order valence-electron chi connectivity index (χ2n) is 5.08. The summed E-state index contributed by atoms with van der Waals surface area (Å²) < 4.78 is 0. The van der Waals surface area contributed by atoms with Crippen LogP contribution < -0.4 is 0 Å². The first-order valence-corrected chi connectivity index (χ1v) is 5.65. The van der Waals surface area contributed by atoms with Gasteiger partial charge in [-0.05, 0) is 38.0 Å². The molecule has 0 aromatic rings. The van der Waals surface area contributed by atoms with Crippen LogP contribution in [0, 0.1) is 17.8 Å². The Bertz CT molecular complexity index is 222. The molecule has 0 aliphatic heterocycles. The maximum absolute atomic E-state index is 11.4. The van der Waals surface area contributed by atoms with E-state index in [4.69, 9.17) is 0 Å². The highest BCUT2D eigenvalue weighted by Crippen LogP contribution is 2.35. The first-order valence-electron chi connectivity index (χ1n) is 5.65. The molecule has 0 radical (unpaired) electrons. The molecule has 0 spiro atoms. The molecule has 1 nitrogen and oxygen atoms in total. The lowest BCUT2D eigenvalue weighted by atomic mass is 9.71. The van der Waals surface area contributed by atoms with Crippen molar-refractivity contribution in [1.29, 1.82) is 0 Å². The summed E-state index contributed by atoms with van der Waals surface area (Å²) in [5, 5.41) is 0. The number of ketones is 1. The molecule has 0 unspecified atom stereocenters. The van der Waals surface area contributed by atoms with Crippen LogP contribution in [0.1, 0.15) is 47.0 Å². The van der Waals surface area contributed by atoms with Crippen molar-refractivity contribution in [2.45, 2.75) is 47.0 Å². The minimum atomic E-state index is 0.457. The number of carbonyl (C=O) groups excluding carboxylic acids is 1. The van der Waals surface area contributed by atoms with E-state index < -0.39 is 0 Å². The van der Waals surface area contributed by atoms with Gasteiger partial charge in [-0.25, -0.2) is 0 Å². The fourth-order valence-corrected chi connectivity index (χ4v) is 2.50. The van der Waals surface area contributed by atoms with Crippen LogP contribution in [0.4, 0.5) is 0 Å². The monoisotopic (exact) mass is 194 g/mol. The van der Waals surface area contributed by atoms with Crippen molar-refractivity contribution in [3.63, 3.8) is 0 Å². The van der Waals surface area contributed by atoms with Crippen LogP contribution in [0.2, 0.25) is 0 Å². The van der Waals surface area contributed by atoms with Crippen molar-refractivity contribution in [3.8, 4) is 0 Å². The number of hydrogen-bond acceptors (Lipinski definition) is 1. The molecule has 0 aromatic heterocycles. The Labute approximate surface area is 87.6 Å². The SMILES string of the molecule is CC(C)=CCC1[C@@H](C)CC(=O)C[C@@H]1C. The van der Waals surface area contributed by atoms with E-state index in [2.05, 4.69) is 33.8 Å². The smallest absolute Gasteiger partial charge is 0.133 e. The van der Waals surface area contributed by atoms with Gasteiger partial charge in [0.15, 0.2) is 0 Å². The molecule has 1 fully saturated rings. The Kier molecular flexibility index (Phi) is 3.91. The number of allylic oxidation sites excluding steroid dienone is 2. The molecule has 0 heterocycles. The molecule has 0 N–H and O–H groups in total. The van der Waals surface area contributed by atoms with Crippen molar-refractivity contribution in [1.82, 2.24) is 0 Å². The first-order chi connectivity index (χ1) is 6.50. The molecule has 0 amide bonds. The van der Waals surface area contributed by atoms with Gasteiger partial charge in [-0.1, -0.05) is 25.5 Å². The normalized spacial score (nSPS) is 29.0. The number of carbonyl (C=O) groups is 1. The largest absolute Gasteiger partial charge is 0.300 e. The quantitative estimate of drug-likeness (QED) is 0.614. The van der Waals surface area contributed by atoms with Gasteiger partial charge >= 0.3 is 0 Å². The Morgan fingerprint density at radius 3 is 2.21 bits per heavy atom. The van der Waals surface area contributed by atoms with Gasteiger partial charge in [-0.2, -0.15) is 0 Å². The van der Waals surface area contributed by atoms with Gasteiger partial charge in [0.1, 0.15) is 5.78 Å². The molecule has 1 heteroatoms. The molecular weight excluding hydrogens is 172 g/mol. The summed E-state index contributed by atoms with van der Waals surface area (Å²) in [7, 11) is 0. The molecule has 2 atom stereocenters. The van der Waals surface area contributed by atoms with E-state index >= 15 is 0 Å². The predicted molar refractivity (Wildman–Crippen MR) is 60.1 cm³/mol. The van der Waals surface area contributed by atoms with Gasteiger partial charge in [0, 0.05) is 12.8 Å². The van der Waals surface area contributed by atoms with Crippen molar-refractivity contribution >= 4 is 5.78 Å². The van der Waals surface area contributed by atoms with Crippen molar-refractivity contribution in [3.05, 3.63) is 11.6 Å². The fraction of sp³-hybridized carbons (Fsp3) is 0.769. The second-order valence-corrected chi connectivity index (χ2v) is 5.08. The summed E-state index contributed by atoms with van der Waals surface area (Å²) in [6, 6.07) is 0. The van der Waals surface area contributed by atoms with E-state index in [0.717, 1.165) is 19.3 Å². The van der Waals surface area contributed by atoms with E-state index in [-0.39, 0.29) is 0 Å². The highest BCUT2D eigenvalue weighted by Gasteiger charge is 2.30. The summed E-state index contributed by atoms with van der Waals surface area (Å²) in [6.45, 7) is 8.72. The molecular formula is C13H22O. The van der Waals surface area contributed by atoms with Gasteiger partial charge in [-0.15, -0.1) is 0 Å². The lowest BCUT2D eigenvalue weighted by molar-refractivity contribution is -0.124. The Morgan fingerprint density at radius 2 is 1.79 bits per heavy atom. The zero-order chi connectivity index (χ0) is 10.7. The third-order valence-electron chi connectivity index (χ3n) is 3.36. The average molecular weight is 194 g/mol. The maximum Gasteiger partial charge on any atom is 0.133 e. The maximum atomic E-state index is 11.4. The highest BCUT2D eigenvalue weighted by atomic mass is 16.1. The van der Waals surface area contributed by atoms with Crippen LogP contribution in [-0.4, -0.2) is 5.78 Å². The minimum Gasteiger partial charge on any atom is -0.300 e. The first kappa shape index (κ1) is 11.5. The van der Waals surface area contributed by atoms with Crippen LogP contribution >= 0.6 is 0 Å². The van der Waals surface area contributed by atoms with Gasteiger partial charge in [0.25, 0.3) is 0 Å². The topological polar surface area (TPSA) is 17.1 Å². The number of Topliss-reactive ketones (excluding diaryl/α,β-unsaturated/α-hetero) is 1. The van der Waals surface area contributed by atoms with Gasteiger partial charge < -0.3 is 0 Å². The molecule has 1 rings (SSSR count). The minimum absolute atomic E-state index is 0.457. The van der Waals surface area contributed by atoms with Crippen molar-refractivity contribution < 1.29 is 4.79 Å². The molecule has 80 valence electrons. The van der Waals surface area contributed by atoms with Crippen LogP contribution in [-0.2, 0) is 4.79 Å². The summed E-state index contributed by atoms with van der Waals surface area (Å²) in [6.07, 6.45) is 5.06. The second kappa shape index (κ2) is 4.77. The van der Waals surface area contributed by atoms with E-state index in [0.29, 0.717) is 23.5 Å². The summed E-state index contributed by atoms with van der Waals surface area (Å²) in [4.78, 5) is 11.4. The van der Waals surface area contributed by atoms with E-state index in [1.807, 2.05) is 0 Å². The number of hydrogen-bond donors (Lipinski definition) is 0. The van der Waals surface area contributed by atoms with Gasteiger partial charge in [-0.3, -0.25) is 4.79 Å². The summed E-state index contributed by atoms with van der Waals surface area (Å²) in [5.74, 6) is 2.31. The summed E-state index contributed by atoms with van der Waals surface area (Å²) in [5.41, 5.74) is 1.39. The van der Waals surface area contributed by atoms with Crippen molar-refractivity contribution in [2.75, 3.05) is 0 Å². The van der Waals surface area contributed by atoms with E-state index in [1.54, 1.807) is 0 Å². The molecule has 1 aliphatic carbocycles. The van der Waals surface area contributed by atoms with E-state index in [1.165, 1.54) is 5.57 Å². The standard InChI is InChI=1S/C13H22O/c1-9(2)5-6-13-10(3)7-12(14)8-11(13)4/h5,10-11,13H,6-8H2,1-4H3/t10-,11-/m0/s1. The summed E-state index contributed by atoms with van der Waals surface area (Å²) >= 11 is 0. The van der Waals surface area contributed by atoms with Crippen molar-refractivity contribution in [2.24, 2.45) is 17.8 Å². The van der Waals surface area contributed by atoms with Gasteiger partial charge in [0.2, 0.25) is 0 Å². The zero-order valence-electron chi connectivity index (χ0n) is 9.84. The van der Waals surface area contributed by atoms with Crippen LogP contribution in [0.25, 0.3) is 0 Å². The van der Waals surface area contributed by atoms with Crippen LogP contribution in [0.3, 0.4) is 0 Å². The molecule has 0 saturated heterocycles. The van der Waals surface area contributed by atoms with Crippen LogP contribution in [0.5, 0.6) is 0 Å². The lowest BCUT2D eigenvalue weighted by Gasteiger charge is -2.33. The predicted octanol–water partition coefficient (Wildman–Crippen LogP) is 3.59. The molecule has 0 aromatic carbocycles. The van der Waals surface area contributed by atoms with Crippen LogP contribution in [0.15, 0.2) is 11.6 Å². The van der Waals surface area contributed by atoms with Gasteiger partial charge in [0.05, 0.1) is 0 Å². The van der Waals surface area contributed by atoms with E-state index in [9.17, 15) is 4.79 Å². The Balaban J connectivity index is 2.58. The third kappa shape index (κ3) is 2.97.